The van der Waals surface area contributed by atoms with Crippen molar-refractivity contribution in [3.05, 3.63) is 71.9 Å². The molecule has 6 heteroatoms. The van der Waals surface area contributed by atoms with E-state index < -0.39 is 11.9 Å². The van der Waals surface area contributed by atoms with Gasteiger partial charge in [0.05, 0.1) is 0 Å². The molecule has 1 heterocycles. The summed E-state index contributed by atoms with van der Waals surface area (Å²) in [6.07, 6.45) is 3.91. The Bertz CT molecular complexity index is 972. The third-order valence-electron chi connectivity index (χ3n) is 4.22. The molecule has 0 bridgehead atoms. The third-order valence-corrected chi connectivity index (χ3v) is 4.22. The Hall–Kier alpha value is -3.59. The number of H-pyrrole nitrogens is 1. The minimum absolute atomic E-state index is 0.285. The summed E-state index contributed by atoms with van der Waals surface area (Å²) in [5.74, 6) is -0.808. The van der Waals surface area contributed by atoms with E-state index in [0.717, 1.165) is 21.4 Å². The average molecular weight is 346 g/mol. The molecule has 3 rings (SSSR count). The fourth-order valence-electron chi connectivity index (χ4n) is 2.83. The second-order valence-corrected chi connectivity index (χ2v) is 5.95. The summed E-state index contributed by atoms with van der Waals surface area (Å²) in [4.78, 5) is 29.2. The summed E-state index contributed by atoms with van der Waals surface area (Å²) in [5.41, 5.74) is 2.32. The number of para-hydroxylation sites is 1. The van der Waals surface area contributed by atoms with Crippen molar-refractivity contribution in [3.63, 3.8) is 0 Å². The molecule has 0 radical (unpaired) electrons. The van der Waals surface area contributed by atoms with Crippen molar-refractivity contribution in [2.45, 2.75) is 12.5 Å². The Labute approximate surface area is 151 Å². The molecular weight excluding hydrogens is 328 g/mol. The van der Waals surface area contributed by atoms with Crippen molar-refractivity contribution in [2.75, 3.05) is 7.05 Å². The van der Waals surface area contributed by atoms with Crippen LogP contribution in [0.2, 0.25) is 0 Å². The molecule has 0 fully saturated rings. The van der Waals surface area contributed by atoms with Crippen LogP contribution in [0.4, 0.5) is 0 Å². The number of hydrogen-bond acceptors (Lipinski definition) is 3. The molecule has 0 spiro atoms. The van der Waals surface area contributed by atoms with Gasteiger partial charge in [0.25, 0.3) is 11.8 Å². The predicted octanol–water partition coefficient (Wildman–Crippen LogP) is 2.45. The first-order valence-electron chi connectivity index (χ1n) is 8.18. The molecule has 0 aliphatic carbocycles. The van der Waals surface area contributed by atoms with Crippen LogP contribution in [0.5, 0.6) is 0 Å². The first-order valence-corrected chi connectivity index (χ1v) is 8.18. The fourth-order valence-corrected chi connectivity index (χ4v) is 2.83. The maximum atomic E-state index is 12.6. The van der Waals surface area contributed by atoms with Crippen LogP contribution in [-0.2, 0) is 11.2 Å². The van der Waals surface area contributed by atoms with Crippen LogP contribution in [0.3, 0.4) is 0 Å². The first-order chi connectivity index (χ1) is 12.6. The molecule has 2 aromatic carbocycles. The lowest BCUT2D eigenvalue weighted by Gasteiger charge is -2.20. The number of carbonyl (C=O) groups is 2. The van der Waals surface area contributed by atoms with Gasteiger partial charge in [-0.25, -0.2) is 0 Å². The summed E-state index contributed by atoms with van der Waals surface area (Å²) in [7, 11) is 1.39. The number of hydrogen-bond donors (Lipinski definition) is 2. The SMILES string of the molecule is CN(C#N)C(=O)[C@H](Cc1c[nH]c2ccccc12)NC(=O)c1ccccc1. The summed E-state index contributed by atoms with van der Waals surface area (Å²) >= 11 is 0. The molecule has 130 valence electrons. The lowest BCUT2D eigenvalue weighted by Crippen LogP contribution is -2.47. The number of nitrogens with one attached hydrogen (secondary N) is 2. The van der Waals surface area contributed by atoms with Gasteiger partial charge in [-0.1, -0.05) is 36.4 Å². The summed E-state index contributed by atoms with van der Waals surface area (Å²) < 4.78 is 0. The fraction of sp³-hybridized carbons (Fsp3) is 0.150. The van der Waals surface area contributed by atoms with Crippen molar-refractivity contribution in [1.29, 1.82) is 5.26 Å². The monoisotopic (exact) mass is 346 g/mol. The van der Waals surface area contributed by atoms with Gasteiger partial charge < -0.3 is 10.3 Å². The molecule has 2 N–H and O–H groups in total. The molecule has 2 amide bonds. The predicted molar refractivity (Wildman–Crippen MR) is 98.1 cm³/mol. The van der Waals surface area contributed by atoms with Crippen molar-refractivity contribution in [1.82, 2.24) is 15.2 Å². The molecule has 1 atom stereocenters. The number of carbonyl (C=O) groups excluding carboxylic acids is 2. The van der Waals surface area contributed by atoms with Gasteiger partial charge in [-0.3, -0.25) is 14.5 Å². The van der Waals surface area contributed by atoms with E-state index >= 15 is 0 Å². The summed E-state index contributed by atoms with van der Waals surface area (Å²) in [5, 5.41) is 12.8. The van der Waals surface area contributed by atoms with E-state index in [1.54, 1.807) is 30.5 Å². The van der Waals surface area contributed by atoms with Crippen molar-refractivity contribution < 1.29 is 9.59 Å². The van der Waals surface area contributed by atoms with E-state index in [1.807, 2.05) is 36.5 Å². The van der Waals surface area contributed by atoms with Gasteiger partial charge in [0, 0.05) is 36.1 Å². The van der Waals surface area contributed by atoms with E-state index in [2.05, 4.69) is 10.3 Å². The number of fused-ring (bicyclic) bond motifs is 1. The van der Waals surface area contributed by atoms with Crippen LogP contribution >= 0.6 is 0 Å². The van der Waals surface area contributed by atoms with E-state index in [4.69, 9.17) is 5.26 Å². The number of rotatable bonds is 5. The molecule has 0 aliphatic heterocycles. The normalized spacial score (nSPS) is 11.5. The molecular formula is C20H18N4O2. The van der Waals surface area contributed by atoms with Crippen LogP contribution in [0.1, 0.15) is 15.9 Å². The quantitative estimate of drug-likeness (QED) is 0.549. The highest BCUT2D eigenvalue weighted by Crippen LogP contribution is 2.19. The maximum Gasteiger partial charge on any atom is 0.258 e. The summed E-state index contributed by atoms with van der Waals surface area (Å²) in [6.45, 7) is 0. The van der Waals surface area contributed by atoms with Gasteiger partial charge in [0.15, 0.2) is 6.19 Å². The molecule has 0 saturated carbocycles. The number of amides is 2. The second kappa shape index (κ2) is 7.53. The zero-order valence-corrected chi connectivity index (χ0v) is 14.3. The lowest BCUT2D eigenvalue weighted by atomic mass is 10.0. The highest BCUT2D eigenvalue weighted by molar-refractivity contribution is 5.98. The zero-order valence-electron chi connectivity index (χ0n) is 14.3. The van der Waals surface area contributed by atoms with Crippen LogP contribution in [-0.4, -0.2) is 34.8 Å². The standard InChI is InChI=1S/C20H18N4O2/c1-24(13-21)20(26)18(23-19(25)14-7-3-2-4-8-14)11-15-12-22-17-10-6-5-9-16(15)17/h2-10,12,18,22H,11H2,1H3,(H,23,25)/t18-/m0/s1. The number of aromatic nitrogens is 1. The maximum absolute atomic E-state index is 12.6. The van der Waals surface area contributed by atoms with Crippen molar-refractivity contribution in [2.24, 2.45) is 0 Å². The molecule has 1 aromatic heterocycles. The molecule has 0 saturated heterocycles. The zero-order chi connectivity index (χ0) is 18.5. The Morgan fingerprint density at radius 1 is 1.15 bits per heavy atom. The molecule has 6 nitrogen and oxygen atoms in total. The second-order valence-electron chi connectivity index (χ2n) is 5.95. The van der Waals surface area contributed by atoms with Crippen LogP contribution in [0, 0.1) is 11.5 Å². The Kier molecular flexibility index (Phi) is 4.99. The summed E-state index contributed by atoms with van der Waals surface area (Å²) in [6, 6.07) is 15.6. The van der Waals surface area contributed by atoms with Gasteiger partial charge in [-0.15, -0.1) is 0 Å². The first kappa shape index (κ1) is 17.2. The van der Waals surface area contributed by atoms with Crippen molar-refractivity contribution in [3.8, 4) is 6.19 Å². The highest BCUT2D eigenvalue weighted by atomic mass is 16.2. The van der Waals surface area contributed by atoms with Gasteiger partial charge in [-0.2, -0.15) is 5.26 Å². The Morgan fingerprint density at radius 3 is 2.58 bits per heavy atom. The van der Waals surface area contributed by atoms with E-state index in [9.17, 15) is 9.59 Å². The minimum Gasteiger partial charge on any atom is -0.361 e. The van der Waals surface area contributed by atoms with Gasteiger partial charge in [0.2, 0.25) is 0 Å². The topological polar surface area (TPSA) is 89.0 Å². The number of aromatic amines is 1. The third kappa shape index (κ3) is 3.57. The van der Waals surface area contributed by atoms with Gasteiger partial charge in [-0.05, 0) is 23.8 Å². The van der Waals surface area contributed by atoms with E-state index in [1.165, 1.54) is 7.05 Å². The van der Waals surface area contributed by atoms with Gasteiger partial charge >= 0.3 is 0 Å². The Balaban J connectivity index is 1.87. The number of likely N-dealkylation sites (N-methyl/N-ethyl adjacent to an activating group) is 1. The Morgan fingerprint density at radius 2 is 1.85 bits per heavy atom. The number of benzene rings is 2. The van der Waals surface area contributed by atoms with Gasteiger partial charge in [0.1, 0.15) is 6.04 Å². The van der Waals surface area contributed by atoms with E-state index in [0.29, 0.717) is 5.56 Å². The smallest absolute Gasteiger partial charge is 0.258 e. The largest absolute Gasteiger partial charge is 0.361 e. The minimum atomic E-state index is -0.841. The van der Waals surface area contributed by atoms with E-state index in [-0.39, 0.29) is 12.3 Å². The molecule has 0 unspecified atom stereocenters. The average Bonchev–Trinajstić information content (AvgIpc) is 3.10. The number of nitriles is 1. The molecule has 0 aliphatic rings. The molecule has 26 heavy (non-hydrogen) atoms. The highest BCUT2D eigenvalue weighted by Gasteiger charge is 2.26. The van der Waals surface area contributed by atoms with Crippen molar-refractivity contribution >= 4 is 22.7 Å². The number of nitrogens with zero attached hydrogens (tertiary/aromatic N) is 2. The van der Waals surface area contributed by atoms with Crippen LogP contribution in [0.25, 0.3) is 10.9 Å². The van der Waals surface area contributed by atoms with Crippen LogP contribution < -0.4 is 5.32 Å². The van der Waals surface area contributed by atoms with Crippen LogP contribution in [0.15, 0.2) is 60.8 Å². The molecule has 3 aromatic rings. The lowest BCUT2D eigenvalue weighted by molar-refractivity contribution is -0.129.